The summed E-state index contributed by atoms with van der Waals surface area (Å²) in [5, 5.41) is 1.12. The summed E-state index contributed by atoms with van der Waals surface area (Å²) in [6.45, 7) is 1.27. The molecule has 3 aromatic heterocycles. The number of aromatic amines is 1. The second-order valence-corrected chi connectivity index (χ2v) is 7.22. The lowest BCUT2D eigenvalue weighted by Gasteiger charge is -2.30. The monoisotopic (exact) mass is 375 g/mol. The number of piperidine rings is 1. The number of benzene rings is 1. The lowest BCUT2D eigenvalue weighted by molar-refractivity contribution is 0.189. The van der Waals surface area contributed by atoms with Crippen LogP contribution in [-0.4, -0.2) is 43.4 Å². The van der Waals surface area contributed by atoms with E-state index in [2.05, 4.69) is 22.1 Å². The first-order valence-electron chi connectivity index (χ1n) is 9.37. The summed E-state index contributed by atoms with van der Waals surface area (Å²) in [7, 11) is 0. The number of fused-ring (bicyclic) bond motifs is 2. The van der Waals surface area contributed by atoms with E-state index in [4.69, 9.17) is 16.5 Å². The molecule has 1 aliphatic rings. The zero-order valence-corrected chi connectivity index (χ0v) is 15.3. The van der Waals surface area contributed by atoms with Gasteiger partial charge >= 0.3 is 6.03 Å². The summed E-state index contributed by atoms with van der Waals surface area (Å²) >= 11 is 0. The van der Waals surface area contributed by atoms with Crippen LogP contribution in [0.3, 0.4) is 0 Å². The van der Waals surface area contributed by atoms with Gasteiger partial charge in [0.1, 0.15) is 22.9 Å². The minimum atomic E-state index is -0.362. The SMILES string of the molecule is NC(=O)N1CCC(c2nc(-c3cc4ccccc4[nH]3)c3c(N)nccn23)CC1. The summed E-state index contributed by atoms with van der Waals surface area (Å²) in [5.74, 6) is 1.62. The Hall–Kier alpha value is -3.55. The number of anilines is 1. The second-order valence-electron chi connectivity index (χ2n) is 7.22. The van der Waals surface area contributed by atoms with Crippen LogP contribution in [0.15, 0.2) is 42.7 Å². The Morgan fingerprint density at radius 1 is 1.21 bits per heavy atom. The summed E-state index contributed by atoms with van der Waals surface area (Å²) in [4.78, 5) is 25.8. The summed E-state index contributed by atoms with van der Waals surface area (Å²) < 4.78 is 2.04. The first-order chi connectivity index (χ1) is 13.6. The van der Waals surface area contributed by atoms with Crippen LogP contribution < -0.4 is 11.5 Å². The van der Waals surface area contributed by atoms with E-state index in [9.17, 15) is 4.79 Å². The highest BCUT2D eigenvalue weighted by atomic mass is 16.2. The van der Waals surface area contributed by atoms with Crippen LogP contribution in [0.2, 0.25) is 0 Å². The van der Waals surface area contributed by atoms with Crippen molar-refractivity contribution in [1.29, 1.82) is 0 Å². The van der Waals surface area contributed by atoms with Crippen LogP contribution in [0.5, 0.6) is 0 Å². The molecular formula is C20H21N7O. The van der Waals surface area contributed by atoms with Gasteiger partial charge in [-0.3, -0.25) is 4.40 Å². The van der Waals surface area contributed by atoms with Crippen molar-refractivity contribution in [2.75, 3.05) is 18.8 Å². The number of amides is 2. The number of nitrogens with zero attached hydrogens (tertiary/aromatic N) is 4. The molecule has 0 unspecified atom stereocenters. The quantitative estimate of drug-likeness (QED) is 0.499. The fourth-order valence-corrected chi connectivity index (χ4v) is 4.12. The van der Waals surface area contributed by atoms with E-state index in [0.29, 0.717) is 18.9 Å². The van der Waals surface area contributed by atoms with Crippen molar-refractivity contribution in [2.24, 2.45) is 5.73 Å². The predicted molar refractivity (Wildman–Crippen MR) is 108 cm³/mol. The number of para-hydroxylation sites is 1. The average molecular weight is 375 g/mol. The van der Waals surface area contributed by atoms with Crippen LogP contribution in [0, 0.1) is 0 Å². The lowest BCUT2D eigenvalue weighted by Crippen LogP contribution is -2.41. The molecule has 0 spiro atoms. The summed E-state index contributed by atoms with van der Waals surface area (Å²) in [6.07, 6.45) is 5.23. The Balaban J connectivity index is 1.62. The van der Waals surface area contributed by atoms with Gasteiger partial charge in [-0.05, 0) is 25.0 Å². The molecule has 1 saturated heterocycles. The standard InChI is InChI=1S/C20H21N7O/c21-18-17-16(15-11-13-3-1-2-4-14(13)24-15)25-19(27(17)10-7-23-18)12-5-8-26(9-6-12)20(22)28/h1-4,7,10-12,24H,5-6,8-9H2,(H2,21,23)(H2,22,28). The number of hydrogen-bond donors (Lipinski definition) is 3. The maximum atomic E-state index is 11.4. The van der Waals surface area contributed by atoms with Crippen molar-refractivity contribution in [3.05, 3.63) is 48.5 Å². The molecule has 28 heavy (non-hydrogen) atoms. The molecule has 0 saturated carbocycles. The van der Waals surface area contributed by atoms with Crippen molar-refractivity contribution in [3.63, 3.8) is 0 Å². The fourth-order valence-electron chi connectivity index (χ4n) is 4.12. The van der Waals surface area contributed by atoms with E-state index >= 15 is 0 Å². The molecule has 142 valence electrons. The van der Waals surface area contributed by atoms with Crippen LogP contribution in [0.1, 0.15) is 24.6 Å². The Kier molecular flexibility index (Phi) is 3.71. The molecule has 8 heteroatoms. The van der Waals surface area contributed by atoms with Gasteiger partial charge in [-0.15, -0.1) is 0 Å². The number of aromatic nitrogens is 4. The number of nitrogen functional groups attached to an aromatic ring is 1. The fraction of sp³-hybridized carbons (Fsp3) is 0.250. The number of hydrogen-bond acceptors (Lipinski definition) is 4. The van der Waals surface area contributed by atoms with Gasteiger partial charge in [0, 0.05) is 42.3 Å². The molecule has 4 aromatic rings. The number of nitrogens with one attached hydrogen (secondary N) is 1. The van der Waals surface area contributed by atoms with Gasteiger partial charge in [-0.1, -0.05) is 18.2 Å². The summed E-state index contributed by atoms with van der Waals surface area (Å²) in [6, 6.07) is 9.85. The molecule has 0 aliphatic carbocycles. The van der Waals surface area contributed by atoms with Crippen LogP contribution in [-0.2, 0) is 0 Å². The zero-order chi connectivity index (χ0) is 19.3. The highest BCUT2D eigenvalue weighted by Crippen LogP contribution is 2.35. The molecule has 1 aliphatic heterocycles. The second kappa shape index (κ2) is 6.26. The number of H-pyrrole nitrogens is 1. The first kappa shape index (κ1) is 16.6. The molecular weight excluding hydrogens is 354 g/mol. The molecule has 5 N–H and O–H groups in total. The molecule has 2 amide bonds. The van der Waals surface area contributed by atoms with Gasteiger partial charge in [0.2, 0.25) is 0 Å². The van der Waals surface area contributed by atoms with Gasteiger partial charge in [-0.25, -0.2) is 14.8 Å². The first-order valence-corrected chi connectivity index (χ1v) is 9.37. The molecule has 1 fully saturated rings. The van der Waals surface area contributed by atoms with Crippen LogP contribution >= 0.6 is 0 Å². The highest BCUT2D eigenvalue weighted by molar-refractivity contribution is 5.91. The Labute approximate surface area is 161 Å². The van der Waals surface area contributed by atoms with Crippen molar-refractivity contribution in [2.45, 2.75) is 18.8 Å². The number of urea groups is 1. The molecule has 8 nitrogen and oxygen atoms in total. The van der Waals surface area contributed by atoms with E-state index in [1.54, 1.807) is 11.1 Å². The Bertz CT molecular complexity index is 1150. The van der Waals surface area contributed by atoms with Gasteiger partial charge in [0.25, 0.3) is 0 Å². The van der Waals surface area contributed by atoms with Crippen molar-refractivity contribution in [3.8, 4) is 11.4 Å². The highest BCUT2D eigenvalue weighted by Gasteiger charge is 2.28. The van der Waals surface area contributed by atoms with E-state index < -0.39 is 0 Å². The zero-order valence-electron chi connectivity index (χ0n) is 15.3. The number of carbonyl (C=O) groups excluding carboxylic acids is 1. The van der Waals surface area contributed by atoms with Gasteiger partial charge < -0.3 is 21.4 Å². The predicted octanol–water partition coefficient (Wildman–Crippen LogP) is 2.72. The minimum absolute atomic E-state index is 0.225. The van der Waals surface area contributed by atoms with E-state index in [-0.39, 0.29) is 11.9 Å². The third-order valence-corrected chi connectivity index (χ3v) is 5.57. The number of nitrogens with two attached hydrogens (primary N) is 2. The minimum Gasteiger partial charge on any atom is -0.382 e. The Morgan fingerprint density at radius 2 is 2.00 bits per heavy atom. The topological polar surface area (TPSA) is 118 Å². The lowest BCUT2D eigenvalue weighted by atomic mass is 9.96. The average Bonchev–Trinajstić information content (AvgIpc) is 3.30. The number of likely N-dealkylation sites (tertiary alicyclic amines) is 1. The number of carbonyl (C=O) groups is 1. The van der Waals surface area contributed by atoms with Crippen LogP contribution in [0.25, 0.3) is 27.8 Å². The number of rotatable bonds is 2. The molecule has 1 aromatic carbocycles. The normalized spacial score (nSPS) is 15.5. The van der Waals surface area contributed by atoms with Crippen molar-refractivity contribution < 1.29 is 4.79 Å². The van der Waals surface area contributed by atoms with Crippen LogP contribution in [0.4, 0.5) is 10.6 Å². The van der Waals surface area contributed by atoms with E-state index in [0.717, 1.165) is 46.5 Å². The molecule has 0 radical (unpaired) electrons. The third kappa shape index (κ3) is 2.57. The number of imidazole rings is 1. The van der Waals surface area contributed by atoms with Gasteiger partial charge in [0.05, 0.1) is 5.69 Å². The maximum absolute atomic E-state index is 11.4. The molecule has 5 rings (SSSR count). The van der Waals surface area contributed by atoms with Crippen molar-refractivity contribution in [1.82, 2.24) is 24.3 Å². The largest absolute Gasteiger partial charge is 0.382 e. The van der Waals surface area contributed by atoms with E-state index in [1.165, 1.54) is 0 Å². The maximum Gasteiger partial charge on any atom is 0.314 e. The number of primary amides is 1. The van der Waals surface area contributed by atoms with Gasteiger partial charge in [-0.2, -0.15) is 0 Å². The smallest absolute Gasteiger partial charge is 0.314 e. The molecule has 4 heterocycles. The third-order valence-electron chi connectivity index (χ3n) is 5.57. The molecule has 0 bridgehead atoms. The Morgan fingerprint density at radius 3 is 2.75 bits per heavy atom. The van der Waals surface area contributed by atoms with Crippen molar-refractivity contribution >= 4 is 28.3 Å². The van der Waals surface area contributed by atoms with E-state index in [1.807, 2.05) is 28.8 Å². The molecule has 0 atom stereocenters. The van der Waals surface area contributed by atoms with Gasteiger partial charge in [0.15, 0.2) is 0 Å². The summed E-state index contributed by atoms with van der Waals surface area (Å²) in [5.41, 5.74) is 15.2.